The minimum atomic E-state index is -0.131. The Bertz CT molecular complexity index is 1000. The number of hydrogen-bond donors (Lipinski definition) is 1. The Morgan fingerprint density at radius 3 is 2.83 bits per heavy atom. The molecule has 1 amide bonds. The highest BCUT2D eigenvalue weighted by Gasteiger charge is 2.22. The first kappa shape index (κ1) is 23.0. The number of benzene rings is 1. The van der Waals surface area contributed by atoms with E-state index < -0.39 is 0 Å². The van der Waals surface area contributed by atoms with E-state index in [1.54, 1.807) is 23.8 Å². The van der Waals surface area contributed by atoms with E-state index in [4.69, 9.17) is 16.3 Å². The summed E-state index contributed by atoms with van der Waals surface area (Å²) in [6.07, 6.45) is 0. The molecule has 160 valence electrons. The van der Waals surface area contributed by atoms with Crippen LogP contribution in [0.3, 0.4) is 0 Å². The predicted octanol–water partition coefficient (Wildman–Crippen LogP) is 5.30. The number of thiazole rings is 1. The Kier molecular flexibility index (Phi) is 8.06. The van der Waals surface area contributed by atoms with Crippen LogP contribution in [-0.4, -0.2) is 41.3 Å². The number of nitrogens with zero attached hydrogens (tertiary/aromatic N) is 4. The Morgan fingerprint density at radius 1 is 1.33 bits per heavy atom. The molecule has 3 rings (SSSR count). The number of hydrogen-bond acceptors (Lipinski definition) is 9. The van der Waals surface area contributed by atoms with Crippen molar-refractivity contribution in [3.05, 3.63) is 39.4 Å². The third kappa shape index (κ3) is 5.70. The van der Waals surface area contributed by atoms with Gasteiger partial charge in [0, 0.05) is 31.7 Å². The zero-order chi connectivity index (χ0) is 21.7. The number of ether oxygens (including phenoxy) is 1. The van der Waals surface area contributed by atoms with Crippen molar-refractivity contribution >= 4 is 67.9 Å². The lowest BCUT2D eigenvalue weighted by atomic mass is 10.1. The second kappa shape index (κ2) is 10.5. The molecule has 3 aromatic rings. The molecular formula is C19H22ClN5O2S3. The fourth-order valence-corrected chi connectivity index (χ4v) is 5.83. The van der Waals surface area contributed by atoms with Gasteiger partial charge in [0.05, 0.1) is 23.0 Å². The van der Waals surface area contributed by atoms with Crippen molar-refractivity contribution in [2.24, 2.45) is 0 Å². The highest BCUT2D eigenvalue weighted by Crippen LogP contribution is 2.38. The number of anilines is 3. The van der Waals surface area contributed by atoms with E-state index >= 15 is 0 Å². The van der Waals surface area contributed by atoms with Crippen LogP contribution in [0.5, 0.6) is 0 Å². The van der Waals surface area contributed by atoms with E-state index in [1.165, 1.54) is 29.6 Å². The number of aryl methyl sites for hydroxylation is 2. The molecule has 0 saturated carbocycles. The van der Waals surface area contributed by atoms with Gasteiger partial charge < -0.3 is 10.1 Å². The minimum Gasteiger partial charge on any atom is -0.383 e. The third-order valence-corrected chi connectivity index (χ3v) is 7.21. The molecule has 2 aromatic heterocycles. The molecule has 11 heteroatoms. The molecule has 0 fully saturated rings. The first-order valence-corrected chi connectivity index (χ1v) is 12.2. The molecule has 0 unspecified atom stereocenters. The Hall–Kier alpha value is -1.72. The topological polar surface area (TPSA) is 80.2 Å². The second-order valence-corrected chi connectivity index (χ2v) is 9.91. The number of aromatic nitrogens is 3. The average molecular weight is 484 g/mol. The molecule has 30 heavy (non-hydrogen) atoms. The van der Waals surface area contributed by atoms with E-state index in [2.05, 4.69) is 20.5 Å². The predicted molar refractivity (Wildman–Crippen MR) is 126 cm³/mol. The summed E-state index contributed by atoms with van der Waals surface area (Å²) in [6, 6.07) is 3.87. The van der Waals surface area contributed by atoms with Gasteiger partial charge in [0.15, 0.2) is 9.47 Å². The Labute approximate surface area is 192 Å². The monoisotopic (exact) mass is 483 g/mol. The van der Waals surface area contributed by atoms with Crippen molar-refractivity contribution in [3.8, 4) is 0 Å². The van der Waals surface area contributed by atoms with Gasteiger partial charge in [0.25, 0.3) is 0 Å². The lowest BCUT2D eigenvalue weighted by Crippen LogP contribution is -2.24. The summed E-state index contributed by atoms with van der Waals surface area (Å²) < 4.78 is 5.86. The molecule has 2 heterocycles. The number of carbonyl (C=O) groups is 1. The second-order valence-electron chi connectivity index (χ2n) is 6.47. The number of nitrogens with one attached hydrogen (secondary N) is 1. The summed E-state index contributed by atoms with van der Waals surface area (Å²) in [6.45, 7) is 6.74. The lowest BCUT2D eigenvalue weighted by Gasteiger charge is -2.22. The van der Waals surface area contributed by atoms with Crippen molar-refractivity contribution in [3.63, 3.8) is 0 Å². The summed E-state index contributed by atoms with van der Waals surface area (Å²) in [4.78, 5) is 18.7. The molecule has 1 aromatic carbocycles. The number of carbonyl (C=O) groups excluding carboxylic acids is 1. The van der Waals surface area contributed by atoms with Crippen LogP contribution in [0.15, 0.2) is 21.9 Å². The van der Waals surface area contributed by atoms with Gasteiger partial charge in [-0.1, -0.05) is 40.8 Å². The molecule has 0 radical (unpaired) electrons. The fraction of sp³-hybridized carbons (Fsp3) is 0.368. The molecule has 0 spiro atoms. The van der Waals surface area contributed by atoms with Crippen LogP contribution in [0.25, 0.3) is 0 Å². The SMILES string of the molecule is COCCNc1nnc(SCc2csc(N(C(C)=O)c3c(C)cc(C)cc3Cl)n2)s1. The molecule has 1 N–H and O–H groups in total. The van der Waals surface area contributed by atoms with E-state index in [1.807, 2.05) is 31.4 Å². The number of halogens is 1. The largest absolute Gasteiger partial charge is 0.383 e. The molecule has 0 saturated heterocycles. The maximum Gasteiger partial charge on any atom is 0.230 e. The van der Waals surface area contributed by atoms with Crippen molar-refractivity contribution in [1.29, 1.82) is 0 Å². The van der Waals surface area contributed by atoms with Crippen LogP contribution in [0.1, 0.15) is 23.7 Å². The number of amides is 1. The third-order valence-electron chi connectivity index (χ3n) is 4.00. The zero-order valence-electron chi connectivity index (χ0n) is 17.1. The van der Waals surface area contributed by atoms with Gasteiger partial charge in [0.1, 0.15) is 0 Å². The summed E-state index contributed by atoms with van der Waals surface area (Å²) in [7, 11) is 1.66. The maximum atomic E-state index is 12.4. The standard InChI is InChI=1S/C19H22ClN5O2S3/c1-11-7-12(2)16(15(20)8-11)25(13(3)26)18-22-14(9-28-18)10-29-19-24-23-17(30-19)21-5-6-27-4/h7-9H,5-6,10H2,1-4H3,(H,21,23). The van der Waals surface area contributed by atoms with Crippen molar-refractivity contribution in [2.45, 2.75) is 30.9 Å². The van der Waals surface area contributed by atoms with Gasteiger partial charge in [-0.05, 0) is 31.0 Å². The van der Waals surface area contributed by atoms with E-state index in [0.29, 0.717) is 34.7 Å². The molecular weight excluding hydrogens is 462 g/mol. The number of thioether (sulfide) groups is 1. The van der Waals surface area contributed by atoms with Gasteiger partial charge in [-0.2, -0.15) is 0 Å². The normalized spacial score (nSPS) is 11.0. The maximum absolute atomic E-state index is 12.4. The zero-order valence-corrected chi connectivity index (χ0v) is 20.3. The number of rotatable bonds is 9. The summed E-state index contributed by atoms with van der Waals surface area (Å²) in [5.74, 6) is 0.503. The van der Waals surface area contributed by atoms with E-state index in [0.717, 1.165) is 26.3 Å². The van der Waals surface area contributed by atoms with Crippen LogP contribution in [-0.2, 0) is 15.3 Å². The van der Waals surface area contributed by atoms with E-state index in [-0.39, 0.29) is 5.91 Å². The molecule has 0 bridgehead atoms. The molecule has 0 aliphatic rings. The average Bonchev–Trinajstić information content (AvgIpc) is 3.32. The fourth-order valence-electron chi connectivity index (χ4n) is 2.78. The Morgan fingerprint density at radius 2 is 2.13 bits per heavy atom. The van der Waals surface area contributed by atoms with Gasteiger partial charge in [-0.15, -0.1) is 21.5 Å². The van der Waals surface area contributed by atoms with Gasteiger partial charge in [-0.3, -0.25) is 9.69 Å². The molecule has 0 aliphatic heterocycles. The van der Waals surface area contributed by atoms with Gasteiger partial charge >= 0.3 is 0 Å². The van der Waals surface area contributed by atoms with Crippen LogP contribution >= 0.6 is 46.0 Å². The van der Waals surface area contributed by atoms with Gasteiger partial charge in [-0.25, -0.2) is 4.98 Å². The minimum absolute atomic E-state index is 0.131. The van der Waals surface area contributed by atoms with Crippen molar-refractivity contribution < 1.29 is 9.53 Å². The van der Waals surface area contributed by atoms with E-state index in [9.17, 15) is 4.79 Å². The summed E-state index contributed by atoms with van der Waals surface area (Å²) in [5, 5.41) is 15.3. The highest BCUT2D eigenvalue weighted by molar-refractivity contribution is 8.00. The highest BCUT2D eigenvalue weighted by atomic mass is 35.5. The van der Waals surface area contributed by atoms with Gasteiger partial charge in [0.2, 0.25) is 11.0 Å². The van der Waals surface area contributed by atoms with Crippen LogP contribution in [0, 0.1) is 13.8 Å². The molecule has 0 aliphatic carbocycles. The van der Waals surface area contributed by atoms with Crippen molar-refractivity contribution in [2.75, 3.05) is 30.5 Å². The first-order chi connectivity index (χ1) is 14.4. The van der Waals surface area contributed by atoms with Crippen LogP contribution in [0.2, 0.25) is 5.02 Å². The lowest BCUT2D eigenvalue weighted by molar-refractivity contribution is -0.115. The first-order valence-electron chi connectivity index (χ1n) is 9.10. The summed E-state index contributed by atoms with van der Waals surface area (Å²) >= 11 is 10.9. The quantitative estimate of drug-likeness (QED) is 0.326. The molecule has 7 nitrogen and oxygen atoms in total. The van der Waals surface area contributed by atoms with Crippen molar-refractivity contribution in [1.82, 2.24) is 15.2 Å². The van der Waals surface area contributed by atoms with Crippen LogP contribution in [0.4, 0.5) is 16.0 Å². The van der Waals surface area contributed by atoms with Crippen LogP contribution < -0.4 is 10.2 Å². The Balaban J connectivity index is 1.71. The number of methoxy groups -OCH3 is 1. The smallest absolute Gasteiger partial charge is 0.230 e. The molecule has 0 atom stereocenters. The summed E-state index contributed by atoms with van der Waals surface area (Å²) in [5.41, 5.74) is 3.54.